The van der Waals surface area contributed by atoms with E-state index in [0.29, 0.717) is 16.8 Å². The van der Waals surface area contributed by atoms with Gasteiger partial charge in [0.05, 0.1) is 12.3 Å². The summed E-state index contributed by atoms with van der Waals surface area (Å²) < 4.78 is 24.1. The van der Waals surface area contributed by atoms with Crippen molar-refractivity contribution < 1.29 is 18.1 Å². The monoisotopic (exact) mass is 261 g/mol. The highest BCUT2D eigenvalue weighted by Crippen LogP contribution is 2.25. The molecule has 0 fully saturated rings. The van der Waals surface area contributed by atoms with Crippen molar-refractivity contribution in [3.05, 3.63) is 29.6 Å². The van der Waals surface area contributed by atoms with E-state index in [1.165, 1.54) is 12.3 Å². The largest absolute Gasteiger partial charge is 0.506 e. The van der Waals surface area contributed by atoms with Crippen LogP contribution in [-0.2, 0) is 31.0 Å². The summed E-state index contributed by atoms with van der Waals surface area (Å²) in [5, 5.41) is 9.71. The van der Waals surface area contributed by atoms with Crippen LogP contribution in [0.1, 0.15) is 16.8 Å². The summed E-state index contributed by atoms with van der Waals surface area (Å²) >= 11 is 4.18. The van der Waals surface area contributed by atoms with E-state index < -0.39 is 9.05 Å². The summed E-state index contributed by atoms with van der Waals surface area (Å²) in [7, 11) is -3.71. The third-order valence-corrected chi connectivity index (χ3v) is 2.65. The Labute approximate surface area is 98.5 Å². The Balaban J connectivity index is 3.10. The molecule has 88 valence electrons. The maximum Gasteiger partial charge on any atom is 0.266 e. The van der Waals surface area contributed by atoms with Crippen molar-refractivity contribution in [3.63, 3.8) is 0 Å². The third-order valence-electron chi connectivity index (χ3n) is 1.95. The van der Waals surface area contributed by atoms with Gasteiger partial charge in [-0.3, -0.25) is 13.7 Å². The zero-order chi connectivity index (χ0) is 12.3. The van der Waals surface area contributed by atoms with E-state index in [1.54, 1.807) is 6.92 Å². The van der Waals surface area contributed by atoms with E-state index in [9.17, 15) is 9.32 Å². The molecule has 2 N–H and O–H groups in total. The van der Waals surface area contributed by atoms with Gasteiger partial charge in [0.15, 0.2) is 0 Å². The van der Waals surface area contributed by atoms with E-state index in [-0.39, 0.29) is 12.4 Å². The lowest BCUT2D eigenvalue weighted by molar-refractivity contribution is 0.288. The molecule has 7 heteroatoms. The van der Waals surface area contributed by atoms with Crippen molar-refractivity contribution in [2.45, 2.75) is 13.5 Å². The molecule has 0 spiro atoms. The molecule has 0 aliphatic rings. The summed E-state index contributed by atoms with van der Waals surface area (Å²) in [5.74, 6) is -0.0870. The fourth-order valence-electron chi connectivity index (χ4n) is 1.12. The molecule has 1 heterocycles. The minimum atomic E-state index is -3.71. The smallest absolute Gasteiger partial charge is 0.266 e. The Morgan fingerprint density at radius 3 is 2.88 bits per heavy atom. The molecule has 0 aromatic carbocycles. The second kappa shape index (κ2) is 4.88. The minimum Gasteiger partial charge on any atom is -0.506 e. The molecule has 1 aromatic heterocycles. The number of nitrogens with zero attached hydrogens (tertiary/aromatic N) is 1. The summed E-state index contributed by atoms with van der Waals surface area (Å²) in [6.45, 7) is 4.88. The first-order valence-electron chi connectivity index (χ1n) is 4.27. The summed E-state index contributed by atoms with van der Waals surface area (Å²) in [6, 6.07) is 0. The molecule has 16 heavy (non-hydrogen) atoms. The number of hydrogen-bond acceptors (Lipinski definition) is 5. The highest BCUT2D eigenvalue weighted by molar-refractivity contribution is 8.27. The highest BCUT2D eigenvalue weighted by atomic mass is 32.9. The zero-order valence-electron chi connectivity index (χ0n) is 8.54. The van der Waals surface area contributed by atoms with E-state index in [4.69, 9.17) is 4.55 Å². The summed E-state index contributed by atoms with van der Waals surface area (Å²) in [5.41, 5.74) is 1.27. The first kappa shape index (κ1) is 13.0. The van der Waals surface area contributed by atoms with Crippen LogP contribution in [0, 0.1) is 6.92 Å². The van der Waals surface area contributed by atoms with Crippen molar-refractivity contribution in [1.82, 2.24) is 4.98 Å². The highest BCUT2D eigenvalue weighted by Gasteiger charge is 2.12. The lowest BCUT2D eigenvalue weighted by atomic mass is 10.1. The topological polar surface area (TPSA) is 79.7 Å². The van der Waals surface area contributed by atoms with Gasteiger partial charge in [-0.05, 0) is 6.92 Å². The molecule has 0 radical (unpaired) electrons. The van der Waals surface area contributed by atoms with Crippen molar-refractivity contribution in [1.29, 1.82) is 0 Å². The molecule has 0 aliphatic carbocycles. The molecular formula is C9H11NO4S2. The first-order valence-corrected chi connectivity index (χ1v) is 6.63. The van der Waals surface area contributed by atoms with Crippen molar-refractivity contribution in [3.8, 4) is 5.75 Å². The Morgan fingerprint density at radius 1 is 1.75 bits per heavy atom. The molecule has 1 unspecified atom stereocenters. The third kappa shape index (κ3) is 3.24. The van der Waals surface area contributed by atoms with Crippen LogP contribution in [0.15, 0.2) is 12.8 Å². The van der Waals surface area contributed by atoms with Gasteiger partial charge in [0.2, 0.25) is 0 Å². The van der Waals surface area contributed by atoms with E-state index in [2.05, 4.69) is 26.9 Å². The van der Waals surface area contributed by atoms with Crippen molar-refractivity contribution in [2.75, 3.05) is 0 Å². The van der Waals surface area contributed by atoms with E-state index in [1.807, 2.05) is 0 Å². The minimum absolute atomic E-state index is 0.0870. The second-order valence-electron chi connectivity index (χ2n) is 3.02. The molecule has 5 nitrogen and oxygen atoms in total. The van der Waals surface area contributed by atoms with Crippen molar-refractivity contribution >= 4 is 26.3 Å². The maximum atomic E-state index is 10.8. The van der Waals surface area contributed by atoms with Gasteiger partial charge >= 0.3 is 0 Å². The standard InChI is InChI=1S/C9H11NO4S2/c1-3-7-4-10-6(2)9(11)8(7)5-14-16(12,13)15/h3-4,11H,1,5H2,2H3,(H,12,13,15). The molecule has 0 saturated heterocycles. The molecule has 0 amide bonds. The van der Waals surface area contributed by atoms with Gasteiger partial charge in [-0.2, -0.15) is 4.21 Å². The van der Waals surface area contributed by atoms with Crippen LogP contribution >= 0.6 is 0 Å². The average molecular weight is 261 g/mol. The Kier molecular flexibility index (Phi) is 3.98. The Morgan fingerprint density at radius 2 is 2.38 bits per heavy atom. The number of aromatic nitrogens is 1. The predicted octanol–water partition coefficient (Wildman–Crippen LogP) is 1.39. The van der Waals surface area contributed by atoms with Crippen LogP contribution in [-0.4, -0.2) is 18.9 Å². The average Bonchev–Trinajstić information content (AvgIpc) is 2.19. The van der Waals surface area contributed by atoms with Gasteiger partial charge in [0.25, 0.3) is 9.05 Å². The second-order valence-corrected chi connectivity index (χ2v) is 5.38. The molecule has 1 rings (SSSR count). The molecule has 0 saturated carbocycles. The summed E-state index contributed by atoms with van der Waals surface area (Å²) in [6.07, 6.45) is 2.96. The van der Waals surface area contributed by atoms with Crippen LogP contribution in [0.4, 0.5) is 0 Å². The number of aromatic hydroxyl groups is 1. The van der Waals surface area contributed by atoms with Gasteiger partial charge in [-0.25, -0.2) is 0 Å². The first-order chi connectivity index (χ1) is 7.35. The van der Waals surface area contributed by atoms with Gasteiger partial charge in [0, 0.05) is 28.5 Å². The number of pyridine rings is 1. The molecular weight excluding hydrogens is 250 g/mol. The number of rotatable bonds is 4. The number of aryl methyl sites for hydroxylation is 1. The van der Waals surface area contributed by atoms with Crippen LogP contribution in [0.25, 0.3) is 6.08 Å². The fourth-order valence-corrected chi connectivity index (χ4v) is 1.53. The van der Waals surface area contributed by atoms with Crippen LogP contribution in [0.2, 0.25) is 0 Å². The fraction of sp³-hybridized carbons (Fsp3) is 0.222. The summed E-state index contributed by atoms with van der Waals surface area (Å²) in [4.78, 5) is 3.92. The maximum absolute atomic E-state index is 10.8. The SMILES string of the molecule is C=Cc1cnc(C)c(O)c1COS(=O)(O)=S. The molecule has 0 aliphatic heterocycles. The van der Waals surface area contributed by atoms with Crippen LogP contribution in [0.3, 0.4) is 0 Å². The lowest BCUT2D eigenvalue weighted by Gasteiger charge is -2.10. The van der Waals surface area contributed by atoms with Crippen LogP contribution in [0.5, 0.6) is 5.75 Å². The molecule has 1 atom stereocenters. The van der Waals surface area contributed by atoms with Gasteiger partial charge < -0.3 is 5.11 Å². The Bertz CT molecular complexity index is 510. The van der Waals surface area contributed by atoms with E-state index >= 15 is 0 Å². The quantitative estimate of drug-likeness (QED) is 0.852. The van der Waals surface area contributed by atoms with Crippen LogP contribution < -0.4 is 0 Å². The van der Waals surface area contributed by atoms with Gasteiger partial charge in [-0.15, -0.1) is 0 Å². The zero-order valence-corrected chi connectivity index (χ0v) is 10.2. The predicted molar refractivity (Wildman–Crippen MR) is 63.7 cm³/mol. The number of hydrogen-bond donors (Lipinski definition) is 2. The molecule has 1 aromatic rings. The van der Waals surface area contributed by atoms with Crippen molar-refractivity contribution in [2.24, 2.45) is 0 Å². The molecule has 0 bridgehead atoms. The lowest BCUT2D eigenvalue weighted by Crippen LogP contribution is -2.04. The van der Waals surface area contributed by atoms with Gasteiger partial charge in [-0.1, -0.05) is 12.7 Å². The van der Waals surface area contributed by atoms with E-state index in [0.717, 1.165) is 0 Å². The Hall–Kier alpha value is -1.02. The van der Waals surface area contributed by atoms with Gasteiger partial charge in [0.1, 0.15) is 5.75 Å². The normalized spacial score (nSPS) is 14.4.